The molecule has 0 saturated heterocycles. The summed E-state index contributed by atoms with van der Waals surface area (Å²) in [6.45, 7) is 0. The van der Waals surface area contributed by atoms with Crippen LogP contribution in [-0.2, 0) is 0 Å². The predicted octanol–water partition coefficient (Wildman–Crippen LogP) is 1.77. The van der Waals surface area contributed by atoms with E-state index in [0.29, 0.717) is 5.82 Å². The molecule has 2 rings (SSSR count). The number of halogens is 1. The molecule has 0 aliphatic carbocycles. The lowest BCUT2D eigenvalue weighted by Crippen LogP contribution is -1.92. The van der Waals surface area contributed by atoms with E-state index in [4.69, 9.17) is 17.3 Å². The van der Waals surface area contributed by atoms with E-state index in [9.17, 15) is 0 Å². The van der Waals surface area contributed by atoms with Gasteiger partial charge in [0.2, 0.25) is 5.28 Å². The molecule has 2 aromatic heterocycles. The fraction of sp³-hybridized carbons (Fsp3) is 0. The minimum absolute atomic E-state index is 0.220. The van der Waals surface area contributed by atoms with Gasteiger partial charge in [0.1, 0.15) is 5.82 Å². The van der Waals surface area contributed by atoms with Gasteiger partial charge in [-0.15, -0.1) is 0 Å². The van der Waals surface area contributed by atoms with Crippen LogP contribution in [-0.4, -0.2) is 15.0 Å². The van der Waals surface area contributed by atoms with Crippen LogP contribution in [0.5, 0.6) is 0 Å². The first-order valence-electron chi connectivity index (χ1n) is 3.96. The van der Waals surface area contributed by atoms with Crippen LogP contribution in [0, 0.1) is 0 Å². The third kappa shape index (κ3) is 1.80. The lowest BCUT2D eigenvalue weighted by Gasteiger charge is -2.00. The monoisotopic (exact) mass is 206 g/mol. The quantitative estimate of drug-likeness (QED) is 0.723. The standard InChI is InChI=1S/C9H7ClN4/c10-9-12-4-6(5-13-9)7-2-1-3-8(11)14-7/h1-5H,(H2,11,14). The van der Waals surface area contributed by atoms with E-state index in [1.165, 1.54) is 0 Å². The first kappa shape index (κ1) is 8.90. The van der Waals surface area contributed by atoms with Crippen LogP contribution in [0.4, 0.5) is 5.82 Å². The minimum atomic E-state index is 0.220. The maximum absolute atomic E-state index is 5.56. The number of nitrogens with zero attached hydrogens (tertiary/aromatic N) is 3. The Labute approximate surface area is 85.8 Å². The predicted molar refractivity (Wildman–Crippen MR) is 54.7 cm³/mol. The molecule has 2 aromatic rings. The third-order valence-electron chi connectivity index (χ3n) is 1.69. The van der Waals surface area contributed by atoms with Gasteiger partial charge in [-0.1, -0.05) is 6.07 Å². The largest absolute Gasteiger partial charge is 0.384 e. The Bertz CT molecular complexity index is 441. The Kier molecular flexibility index (Phi) is 2.28. The maximum atomic E-state index is 5.56. The van der Waals surface area contributed by atoms with Crippen molar-refractivity contribution >= 4 is 17.4 Å². The number of hydrogen-bond acceptors (Lipinski definition) is 4. The molecule has 0 unspecified atom stereocenters. The average Bonchev–Trinajstić information content (AvgIpc) is 2.19. The summed E-state index contributed by atoms with van der Waals surface area (Å²) in [5.41, 5.74) is 7.08. The number of rotatable bonds is 1. The van der Waals surface area contributed by atoms with Gasteiger partial charge in [0.15, 0.2) is 0 Å². The Morgan fingerprint density at radius 1 is 1.14 bits per heavy atom. The molecule has 14 heavy (non-hydrogen) atoms. The number of nitrogen functional groups attached to an aromatic ring is 1. The lowest BCUT2D eigenvalue weighted by molar-refractivity contribution is 1.16. The summed E-state index contributed by atoms with van der Waals surface area (Å²) >= 11 is 5.56. The molecule has 0 amide bonds. The van der Waals surface area contributed by atoms with E-state index >= 15 is 0 Å². The van der Waals surface area contributed by atoms with Crippen LogP contribution in [0.3, 0.4) is 0 Å². The second kappa shape index (κ2) is 3.59. The van der Waals surface area contributed by atoms with Crippen molar-refractivity contribution in [3.63, 3.8) is 0 Å². The van der Waals surface area contributed by atoms with E-state index in [1.807, 2.05) is 12.1 Å². The minimum Gasteiger partial charge on any atom is -0.384 e. The molecular weight excluding hydrogens is 200 g/mol. The Morgan fingerprint density at radius 2 is 1.86 bits per heavy atom. The van der Waals surface area contributed by atoms with Gasteiger partial charge in [0, 0.05) is 18.0 Å². The Morgan fingerprint density at radius 3 is 2.50 bits per heavy atom. The fourth-order valence-electron chi connectivity index (χ4n) is 1.06. The molecule has 4 nitrogen and oxygen atoms in total. The Hall–Kier alpha value is -1.68. The SMILES string of the molecule is Nc1cccc(-c2cnc(Cl)nc2)n1. The van der Waals surface area contributed by atoms with Gasteiger partial charge >= 0.3 is 0 Å². The number of anilines is 1. The van der Waals surface area contributed by atoms with Crippen molar-refractivity contribution in [3.8, 4) is 11.3 Å². The molecule has 70 valence electrons. The van der Waals surface area contributed by atoms with E-state index in [1.54, 1.807) is 18.5 Å². The first-order chi connectivity index (χ1) is 6.75. The summed E-state index contributed by atoms with van der Waals surface area (Å²) in [5.74, 6) is 0.470. The molecule has 0 aliphatic heterocycles. The summed E-state index contributed by atoms with van der Waals surface area (Å²) < 4.78 is 0. The van der Waals surface area contributed by atoms with Gasteiger partial charge in [-0.2, -0.15) is 0 Å². The van der Waals surface area contributed by atoms with Crippen LogP contribution < -0.4 is 5.73 Å². The highest BCUT2D eigenvalue weighted by molar-refractivity contribution is 6.28. The normalized spacial score (nSPS) is 10.1. The summed E-state index contributed by atoms with van der Waals surface area (Å²) in [5, 5.41) is 0.220. The molecule has 2 N–H and O–H groups in total. The van der Waals surface area contributed by atoms with Crippen LogP contribution in [0.15, 0.2) is 30.6 Å². The zero-order chi connectivity index (χ0) is 9.97. The number of nitrogens with two attached hydrogens (primary N) is 1. The summed E-state index contributed by atoms with van der Waals surface area (Å²) in [4.78, 5) is 11.8. The third-order valence-corrected chi connectivity index (χ3v) is 1.88. The van der Waals surface area contributed by atoms with Gasteiger partial charge in [-0.3, -0.25) is 0 Å². The number of pyridine rings is 1. The second-order valence-electron chi connectivity index (χ2n) is 2.69. The van der Waals surface area contributed by atoms with Gasteiger partial charge in [0.05, 0.1) is 5.69 Å². The van der Waals surface area contributed by atoms with E-state index in [-0.39, 0.29) is 5.28 Å². The van der Waals surface area contributed by atoms with Crippen molar-refractivity contribution in [1.29, 1.82) is 0 Å². The highest BCUT2D eigenvalue weighted by Gasteiger charge is 2.00. The van der Waals surface area contributed by atoms with Gasteiger partial charge in [-0.05, 0) is 23.7 Å². The molecule has 0 spiro atoms. The van der Waals surface area contributed by atoms with Crippen molar-refractivity contribution in [2.45, 2.75) is 0 Å². The van der Waals surface area contributed by atoms with Gasteiger partial charge < -0.3 is 5.73 Å². The molecule has 2 heterocycles. The molecule has 5 heteroatoms. The summed E-state index contributed by atoms with van der Waals surface area (Å²) in [6.07, 6.45) is 3.22. The smallest absolute Gasteiger partial charge is 0.222 e. The number of aromatic nitrogens is 3. The zero-order valence-corrected chi connectivity index (χ0v) is 7.94. The highest BCUT2D eigenvalue weighted by atomic mass is 35.5. The van der Waals surface area contributed by atoms with Crippen molar-refractivity contribution in [1.82, 2.24) is 15.0 Å². The van der Waals surface area contributed by atoms with Crippen LogP contribution in [0.1, 0.15) is 0 Å². The highest BCUT2D eigenvalue weighted by Crippen LogP contribution is 2.16. The topological polar surface area (TPSA) is 64.7 Å². The molecule has 0 aliphatic rings. The number of hydrogen-bond donors (Lipinski definition) is 1. The van der Waals surface area contributed by atoms with Crippen LogP contribution in [0.25, 0.3) is 11.3 Å². The van der Waals surface area contributed by atoms with Gasteiger partial charge in [0.25, 0.3) is 0 Å². The molecular formula is C9H7ClN4. The lowest BCUT2D eigenvalue weighted by atomic mass is 10.2. The first-order valence-corrected chi connectivity index (χ1v) is 4.34. The van der Waals surface area contributed by atoms with E-state index < -0.39 is 0 Å². The van der Waals surface area contributed by atoms with Gasteiger partial charge in [-0.25, -0.2) is 15.0 Å². The molecule has 0 bridgehead atoms. The summed E-state index contributed by atoms with van der Waals surface area (Å²) in [7, 11) is 0. The van der Waals surface area contributed by atoms with Crippen molar-refractivity contribution in [2.24, 2.45) is 0 Å². The maximum Gasteiger partial charge on any atom is 0.222 e. The molecule has 0 radical (unpaired) electrons. The second-order valence-corrected chi connectivity index (χ2v) is 3.03. The molecule has 0 fully saturated rings. The molecule has 0 atom stereocenters. The fourth-order valence-corrected chi connectivity index (χ4v) is 1.15. The summed E-state index contributed by atoms with van der Waals surface area (Å²) in [6, 6.07) is 5.38. The van der Waals surface area contributed by atoms with E-state index in [2.05, 4.69) is 15.0 Å². The molecule has 0 saturated carbocycles. The van der Waals surface area contributed by atoms with Crippen molar-refractivity contribution < 1.29 is 0 Å². The average molecular weight is 207 g/mol. The zero-order valence-electron chi connectivity index (χ0n) is 7.18. The van der Waals surface area contributed by atoms with Crippen LogP contribution in [0.2, 0.25) is 5.28 Å². The Balaban J connectivity index is 2.44. The van der Waals surface area contributed by atoms with Crippen molar-refractivity contribution in [2.75, 3.05) is 5.73 Å². The van der Waals surface area contributed by atoms with Crippen LogP contribution >= 0.6 is 11.6 Å². The van der Waals surface area contributed by atoms with E-state index in [0.717, 1.165) is 11.3 Å². The molecule has 0 aromatic carbocycles. The van der Waals surface area contributed by atoms with Crippen molar-refractivity contribution in [3.05, 3.63) is 35.9 Å².